The van der Waals surface area contributed by atoms with Crippen LogP contribution in [0.15, 0.2) is 18.3 Å². The molecule has 0 aliphatic carbocycles. The van der Waals surface area contributed by atoms with Crippen molar-refractivity contribution in [2.24, 2.45) is 0 Å². The Labute approximate surface area is 129 Å². The van der Waals surface area contributed by atoms with Crippen molar-refractivity contribution in [1.29, 1.82) is 5.26 Å². The number of fused-ring (bicyclic) bond motifs is 1. The molecule has 1 fully saturated rings. The normalized spacial score (nSPS) is 16.6. The van der Waals surface area contributed by atoms with Gasteiger partial charge in [0.25, 0.3) is 0 Å². The molecule has 22 heavy (non-hydrogen) atoms. The molecule has 0 atom stereocenters. The van der Waals surface area contributed by atoms with Crippen molar-refractivity contribution in [1.82, 2.24) is 9.88 Å². The fourth-order valence-corrected chi connectivity index (χ4v) is 3.03. The number of hydrogen-bond donors (Lipinski definition) is 1. The minimum atomic E-state index is -0.298. The van der Waals surface area contributed by atoms with E-state index >= 15 is 0 Å². The van der Waals surface area contributed by atoms with Gasteiger partial charge in [-0.2, -0.15) is 5.26 Å². The van der Waals surface area contributed by atoms with Crippen molar-refractivity contribution in [2.45, 2.75) is 25.8 Å². The first kappa shape index (κ1) is 14.7. The van der Waals surface area contributed by atoms with Gasteiger partial charge in [-0.15, -0.1) is 0 Å². The standard InChI is InChI=1S/C17H19FN4/c1-11-7-13(18)8-15-16(11)20-10-12(9-19)17(15)21-14-3-5-22(2)6-4-14/h7-8,10,14H,3-6H2,1-2H3,(H,20,21). The number of anilines is 1. The van der Waals surface area contributed by atoms with Crippen LogP contribution in [-0.2, 0) is 0 Å². The molecule has 2 aromatic rings. The average molecular weight is 298 g/mol. The molecule has 1 aliphatic heterocycles. The number of aryl methyl sites for hydroxylation is 1. The number of halogens is 1. The van der Waals surface area contributed by atoms with E-state index in [4.69, 9.17) is 0 Å². The Hall–Kier alpha value is -2.19. The third-order valence-electron chi connectivity index (χ3n) is 4.31. The molecule has 3 rings (SSSR count). The minimum absolute atomic E-state index is 0.298. The van der Waals surface area contributed by atoms with E-state index in [1.165, 1.54) is 12.1 Å². The van der Waals surface area contributed by atoms with Crippen molar-refractivity contribution in [3.8, 4) is 6.07 Å². The number of pyridine rings is 1. The van der Waals surface area contributed by atoms with Crippen LogP contribution in [0.5, 0.6) is 0 Å². The van der Waals surface area contributed by atoms with E-state index in [0.29, 0.717) is 22.7 Å². The molecule has 1 saturated heterocycles. The first-order valence-corrected chi connectivity index (χ1v) is 7.52. The number of hydrogen-bond acceptors (Lipinski definition) is 4. The molecule has 1 N–H and O–H groups in total. The van der Waals surface area contributed by atoms with E-state index in [1.807, 2.05) is 6.92 Å². The molecule has 5 heteroatoms. The van der Waals surface area contributed by atoms with E-state index in [1.54, 1.807) is 6.20 Å². The number of nitrogens with one attached hydrogen (secondary N) is 1. The van der Waals surface area contributed by atoms with Crippen molar-refractivity contribution < 1.29 is 4.39 Å². The molecule has 1 aliphatic rings. The van der Waals surface area contributed by atoms with Crippen LogP contribution < -0.4 is 5.32 Å². The van der Waals surface area contributed by atoms with E-state index in [0.717, 1.165) is 37.0 Å². The largest absolute Gasteiger partial charge is 0.381 e. The molecule has 1 aromatic heterocycles. The summed E-state index contributed by atoms with van der Waals surface area (Å²) in [5, 5.41) is 13.5. The lowest BCUT2D eigenvalue weighted by atomic mass is 10.0. The second-order valence-corrected chi connectivity index (χ2v) is 6.00. The number of aromatic nitrogens is 1. The van der Waals surface area contributed by atoms with Crippen LogP contribution in [0.25, 0.3) is 10.9 Å². The van der Waals surface area contributed by atoms with Gasteiger partial charge in [0.2, 0.25) is 0 Å². The Morgan fingerprint density at radius 2 is 2.09 bits per heavy atom. The average Bonchev–Trinajstić information content (AvgIpc) is 2.50. The predicted octanol–water partition coefficient (Wildman–Crippen LogP) is 3.06. The highest BCUT2D eigenvalue weighted by Gasteiger charge is 2.19. The van der Waals surface area contributed by atoms with Gasteiger partial charge in [0, 0.05) is 17.6 Å². The lowest BCUT2D eigenvalue weighted by Crippen LogP contribution is -2.36. The van der Waals surface area contributed by atoms with Gasteiger partial charge in [-0.05, 0) is 57.6 Å². The molecule has 0 unspecified atom stereocenters. The summed E-state index contributed by atoms with van der Waals surface area (Å²) in [4.78, 5) is 6.61. The summed E-state index contributed by atoms with van der Waals surface area (Å²) in [6.07, 6.45) is 3.60. The molecule has 0 radical (unpaired) electrons. The Bertz CT molecular complexity index is 742. The first-order chi connectivity index (χ1) is 10.6. The van der Waals surface area contributed by atoms with Gasteiger partial charge >= 0.3 is 0 Å². The highest BCUT2D eigenvalue weighted by atomic mass is 19.1. The maximum absolute atomic E-state index is 13.8. The summed E-state index contributed by atoms with van der Waals surface area (Å²) in [5.41, 5.74) is 2.71. The third kappa shape index (κ3) is 2.75. The highest BCUT2D eigenvalue weighted by Crippen LogP contribution is 2.30. The van der Waals surface area contributed by atoms with E-state index < -0.39 is 0 Å². The second kappa shape index (κ2) is 5.90. The Balaban J connectivity index is 2.04. The Morgan fingerprint density at radius 3 is 2.77 bits per heavy atom. The van der Waals surface area contributed by atoms with Crippen molar-refractivity contribution in [3.63, 3.8) is 0 Å². The number of rotatable bonds is 2. The fraction of sp³-hybridized carbons (Fsp3) is 0.412. The highest BCUT2D eigenvalue weighted by molar-refractivity contribution is 5.95. The Morgan fingerprint density at radius 1 is 1.36 bits per heavy atom. The molecule has 4 nitrogen and oxygen atoms in total. The second-order valence-electron chi connectivity index (χ2n) is 6.00. The third-order valence-corrected chi connectivity index (χ3v) is 4.31. The monoisotopic (exact) mass is 298 g/mol. The van der Waals surface area contributed by atoms with Gasteiger partial charge in [0.05, 0.1) is 16.8 Å². The van der Waals surface area contributed by atoms with Crippen molar-refractivity contribution in [2.75, 3.05) is 25.5 Å². The molecule has 1 aromatic carbocycles. The zero-order valence-corrected chi connectivity index (χ0v) is 12.9. The molecule has 114 valence electrons. The summed E-state index contributed by atoms with van der Waals surface area (Å²) < 4.78 is 13.8. The van der Waals surface area contributed by atoms with E-state index in [9.17, 15) is 9.65 Å². The van der Waals surface area contributed by atoms with Crippen LogP contribution in [0.2, 0.25) is 0 Å². The maximum Gasteiger partial charge on any atom is 0.124 e. The van der Waals surface area contributed by atoms with Gasteiger partial charge in [0.15, 0.2) is 0 Å². The number of benzene rings is 1. The fourth-order valence-electron chi connectivity index (χ4n) is 3.03. The van der Waals surface area contributed by atoms with Gasteiger partial charge < -0.3 is 10.2 Å². The number of piperidine rings is 1. The van der Waals surface area contributed by atoms with Crippen LogP contribution in [0.3, 0.4) is 0 Å². The smallest absolute Gasteiger partial charge is 0.124 e. The van der Waals surface area contributed by atoms with Crippen molar-refractivity contribution >= 4 is 16.6 Å². The molecule has 2 heterocycles. The lowest BCUT2D eigenvalue weighted by Gasteiger charge is -2.30. The summed E-state index contributed by atoms with van der Waals surface area (Å²) in [7, 11) is 2.11. The quantitative estimate of drug-likeness (QED) is 0.926. The number of nitriles is 1. The van der Waals surface area contributed by atoms with Crippen molar-refractivity contribution in [3.05, 3.63) is 35.3 Å². The lowest BCUT2D eigenvalue weighted by molar-refractivity contribution is 0.264. The van der Waals surface area contributed by atoms with Crippen LogP contribution in [0, 0.1) is 24.1 Å². The first-order valence-electron chi connectivity index (χ1n) is 7.52. The molecule has 0 saturated carbocycles. The Kier molecular flexibility index (Phi) is 3.95. The minimum Gasteiger partial charge on any atom is -0.381 e. The zero-order valence-electron chi connectivity index (χ0n) is 12.9. The van der Waals surface area contributed by atoms with E-state index in [2.05, 4.69) is 28.3 Å². The van der Waals surface area contributed by atoms with Gasteiger partial charge in [-0.25, -0.2) is 4.39 Å². The van der Waals surface area contributed by atoms with Gasteiger partial charge in [0.1, 0.15) is 11.9 Å². The van der Waals surface area contributed by atoms with E-state index in [-0.39, 0.29) is 5.82 Å². The maximum atomic E-state index is 13.8. The SMILES string of the molecule is Cc1cc(F)cc2c(NC3CCN(C)CC3)c(C#N)cnc12. The van der Waals surface area contributed by atoms with Gasteiger partial charge in [-0.3, -0.25) is 4.98 Å². The molecular formula is C17H19FN4. The zero-order chi connectivity index (χ0) is 15.7. The summed E-state index contributed by atoms with van der Waals surface area (Å²) >= 11 is 0. The van der Waals surface area contributed by atoms with Gasteiger partial charge in [-0.1, -0.05) is 0 Å². The molecule has 0 bridgehead atoms. The molecular weight excluding hydrogens is 279 g/mol. The van der Waals surface area contributed by atoms with Crippen LogP contribution >= 0.6 is 0 Å². The predicted molar refractivity (Wildman–Crippen MR) is 85.3 cm³/mol. The molecule has 0 amide bonds. The summed E-state index contributed by atoms with van der Waals surface area (Å²) in [6, 6.07) is 5.41. The number of nitrogens with zero attached hydrogens (tertiary/aromatic N) is 3. The van der Waals surface area contributed by atoms with Crippen LogP contribution in [-0.4, -0.2) is 36.1 Å². The summed E-state index contributed by atoms with van der Waals surface area (Å²) in [5.74, 6) is -0.298. The topological polar surface area (TPSA) is 52.0 Å². The molecule has 0 spiro atoms. The summed E-state index contributed by atoms with van der Waals surface area (Å²) in [6.45, 7) is 3.88. The van der Waals surface area contributed by atoms with Crippen LogP contribution in [0.1, 0.15) is 24.0 Å². The number of likely N-dealkylation sites (tertiary alicyclic amines) is 1. The van der Waals surface area contributed by atoms with Crippen LogP contribution in [0.4, 0.5) is 10.1 Å².